The van der Waals surface area contributed by atoms with E-state index < -0.39 is 43.3 Å². The van der Waals surface area contributed by atoms with Crippen LogP contribution in [0.2, 0.25) is 0 Å². The maximum atomic E-state index is 12.6. The predicted molar refractivity (Wildman–Crippen MR) is 105 cm³/mol. The summed E-state index contributed by atoms with van der Waals surface area (Å²) in [5.74, 6) is -0.986. The van der Waals surface area contributed by atoms with Gasteiger partial charge in [0.25, 0.3) is 5.91 Å². The van der Waals surface area contributed by atoms with Crippen molar-refractivity contribution in [3.63, 3.8) is 0 Å². The fourth-order valence-electron chi connectivity index (χ4n) is 3.73. The number of rotatable bonds is 8. The van der Waals surface area contributed by atoms with Crippen molar-refractivity contribution >= 4 is 11.8 Å². The number of carbonyl (C=O) groups excluding carboxylic acids is 2. The Labute approximate surface area is 191 Å². The lowest BCUT2D eigenvalue weighted by Gasteiger charge is -2.37. The Balaban J connectivity index is 1.30. The highest BCUT2D eigenvalue weighted by Gasteiger charge is 2.37. The molecule has 0 radical (unpaired) electrons. The molecule has 1 aliphatic carbocycles. The van der Waals surface area contributed by atoms with Crippen LogP contribution in [-0.4, -0.2) is 56.2 Å². The van der Waals surface area contributed by atoms with Gasteiger partial charge < -0.3 is 20.1 Å². The van der Waals surface area contributed by atoms with E-state index in [0.717, 1.165) is 24.3 Å². The minimum atomic E-state index is -4.66. The van der Waals surface area contributed by atoms with Gasteiger partial charge in [-0.1, -0.05) is 0 Å². The van der Waals surface area contributed by atoms with Gasteiger partial charge in [-0.15, -0.1) is 13.2 Å². The first-order chi connectivity index (χ1) is 15.9. The second-order valence-corrected chi connectivity index (χ2v) is 8.27. The van der Waals surface area contributed by atoms with Crippen LogP contribution in [-0.2, 0) is 25.2 Å². The summed E-state index contributed by atoms with van der Waals surface area (Å²) in [4.78, 5) is 24.3. The molecular weight excluding hydrogens is 474 g/mol. The Morgan fingerprint density at radius 3 is 2.21 bits per heavy atom. The van der Waals surface area contributed by atoms with Crippen LogP contribution in [0, 0.1) is 5.92 Å². The van der Waals surface area contributed by atoms with Gasteiger partial charge in [0.15, 0.2) is 6.61 Å². The molecule has 2 N–H and O–H groups in total. The van der Waals surface area contributed by atoms with E-state index in [1.165, 1.54) is 0 Å². The third-order valence-corrected chi connectivity index (χ3v) is 5.55. The van der Waals surface area contributed by atoms with Crippen molar-refractivity contribution < 1.29 is 50.1 Å². The number of nitrogens with one attached hydrogen (secondary N) is 2. The Morgan fingerprint density at radius 2 is 1.65 bits per heavy atom. The molecule has 2 atom stereocenters. The van der Waals surface area contributed by atoms with E-state index in [4.69, 9.17) is 9.47 Å². The largest absolute Gasteiger partial charge is 0.522 e. The molecule has 13 heteroatoms. The second-order valence-electron chi connectivity index (χ2n) is 8.27. The van der Waals surface area contributed by atoms with Gasteiger partial charge in [-0.2, -0.15) is 13.2 Å². The van der Waals surface area contributed by atoms with Crippen molar-refractivity contribution in [2.24, 2.45) is 5.92 Å². The second kappa shape index (κ2) is 10.8. The molecule has 7 nitrogen and oxygen atoms in total. The van der Waals surface area contributed by atoms with Gasteiger partial charge in [0.1, 0.15) is 11.9 Å². The first-order valence-electron chi connectivity index (χ1n) is 10.6. The van der Waals surface area contributed by atoms with Gasteiger partial charge >= 0.3 is 12.5 Å². The molecule has 1 aliphatic heterocycles. The van der Waals surface area contributed by atoms with Crippen LogP contribution in [0.4, 0.5) is 26.3 Å². The van der Waals surface area contributed by atoms with E-state index in [-0.39, 0.29) is 36.3 Å². The maximum absolute atomic E-state index is 12.6. The fourth-order valence-corrected chi connectivity index (χ4v) is 3.73. The smallest absolute Gasteiger partial charge is 0.484 e. The fraction of sp³-hybridized carbons (Fsp3) is 0.619. The summed E-state index contributed by atoms with van der Waals surface area (Å²) in [5.41, 5.74) is -0.824. The molecular formula is C21H24F6N2O5. The Hall–Kier alpha value is -2.54. The van der Waals surface area contributed by atoms with Gasteiger partial charge in [-0.25, -0.2) is 0 Å². The summed E-state index contributed by atoms with van der Waals surface area (Å²) in [6.45, 7) is -0.747. The number of amides is 2. The monoisotopic (exact) mass is 498 g/mol. The minimum absolute atomic E-state index is 0.0802. The van der Waals surface area contributed by atoms with Crippen molar-refractivity contribution in [2.45, 2.75) is 56.4 Å². The van der Waals surface area contributed by atoms with Crippen LogP contribution in [0.5, 0.6) is 5.75 Å². The maximum Gasteiger partial charge on any atom is 0.522 e. The van der Waals surface area contributed by atoms with E-state index in [9.17, 15) is 35.9 Å². The van der Waals surface area contributed by atoms with Crippen molar-refractivity contribution in [2.75, 3.05) is 19.8 Å². The zero-order valence-corrected chi connectivity index (χ0v) is 17.9. The summed E-state index contributed by atoms with van der Waals surface area (Å²) in [6.07, 6.45) is -8.26. The van der Waals surface area contributed by atoms with Crippen LogP contribution in [0.3, 0.4) is 0 Å². The third-order valence-electron chi connectivity index (χ3n) is 5.55. The third kappa shape index (κ3) is 8.05. The van der Waals surface area contributed by atoms with Crippen molar-refractivity contribution in [1.29, 1.82) is 0 Å². The average molecular weight is 498 g/mol. The van der Waals surface area contributed by atoms with Crippen LogP contribution in [0.1, 0.15) is 31.2 Å². The normalized spacial score (nSPS) is 25.2. The molecule has 2 aliphatic rings. The number of benzene rings is 1. The lowest BCUT2D eigenvalue weighted by molar-refractivity contribution is -0.330. The van der Waals surface area contributed by atoms with Gasteiger partial charge in [0.2, 0.25) is 5.91 Å². The molecule has 34 heavy (non-hydrogen) atoms. The van der Waals surface area contributed by atoms with E-state index in [1.54, 1.807) is 0 Å². The molecule has 0 spiro atoms. The summed E-state index contributed by atoms with van der Waals surface area (Å²) < 4.78 is 88.2. The highest BCUT2D eigenvalue weighted by molar-refractivity contribution is 5.81. The number of halogens is 6. The molecule has 0 aromatic heterocycles. The number of hydrogen-bond donors (Lipinski definition) is 2. The van der Waals surface area contributed by atoms with Gasteiger partial charge in [0, 0.05) is 6.04 Å². The molecule has 3 rings (SSSR count). The van der Waals surface area contributed by atoms with E-state index in [0.29, 0.717) is 25.7 Å². The molecule has 0 bridgehead atoms. The summed E-state index contributed by atoms with van der Waals surface area (Å²) in [6, 6.07) is 3.37. The Bertz CT molecular complexity index is 832. The lowest BCUT2D eigenvalue weighted by Crippen LogP contribution is -2.52. The average Bonchev–Trinajstić information content (AvgIpc) is 2.73. The van der Waals surface area contributed by atoms with E-state index in [2.05, 4.69) is 15.4 Å². The van der Waals surface area contributed by atoms with Crippen LogP contribution in [0.15, 0.2) is 24.3 Å². The first kappa shape index (κ1) is 26.1. The van der Waals surface area contributed by atoms with Gasteiger partial charge in [0.05, 0.1) is 24.8 Å². The summed E-state index contributed by atoms with van der Waals surface area (Å²) in [5, 5.41) is 5.41. The molecule has 1 heterocycles. The highest BCUT2D eigenvalue weighted by Crippen LogP contribution is 2.31. The molecule has 1 saturated heterocycles. The molecule has 1 aromatic carbocycles. The molecule has 190 valence electrons. The molecule has 2 amide bonds. The molecule has 0 unspecified atom stereocenters. The van der Waals surface area contributed by atoms with Crippen molar-refractivity contribution in [3.05, 3.63) is 29.8 Å². The van der Waals surface area contributed by atoms with E-state index >= 15 is 0 Å². The van der Waals surface area contributed by atoms with Gasteiger partial charge in [-0.05, 0) is 55.9 Å². The van der Waals surface area contributed by atoms with Crippen molar-refractivity contribution in [3.8, 4) is 5.75 Å². The molecule has 1 saturated carbocycles. The van der Waals surface area contributed by atoms with Crippen LogP contribution >= 0.6 is 0 Å². The van der Waals surface area contributed by atoms with E-state index in [1.807, 2.05) is 0 Å². The van der Waals surface area contributed by atoms with Gasteiger partial charge in [-0.3, -0.25) is 14.3 Å². The number of alkyl halides is 6. The predicted octanol–water partition coefficient (Wildman–Crippen LogP) is 3.18. The zero-order chi connectivity index (χ0) is 24.9. The molecule has 1 aromatic rings. The lowest BCUT2D eigenvalue weighted by atomic mass is 9.80. The number of ether oxygens (including phenoxy) is 3. The Morgan fingerprint density at radius 1 is 0.971 bits per heavy atom. The minimum Gasteiger partial charge on any atom is -0.484 e. The molecule has 2 fully saturated rings. The number of hydrogen-bond acceptors (Lipinski definition) is 5. The van der Waals surface area contributed by atoms with Crippen LogP contribution < -0.4 is 15.4 Å². The Kier molecular flexibility index (Phi) is 8.29. The standard InChI is InChI=1S/C21H24F6N2O5/c22-20(23,24)13-1-4-16(5-2-13)32-11-18(30)28-14-3-6-17(33-10-14)19(31)29-15-7-12(8-15)9-34-21(25,26)27/h1-2,4-5,12,14-15,17H,3,6-11H2,(H,28,30)(H,29,31)/t12-,14-,15-,17+/m0/s1. The first-order valence-corrected chi connectivity index (χ1v) is 10.6. The highest BCUT2D eigenvalue weighted by atomic mass is 19.4. The summed E-state index contributed by atoms with van der Waals surface area (Å²) in [7, 11) is 0. The summed E-state index contributed by atoms with van der Waals surface area (Å²) >= 11 is 0. The van der Waals surface area contributed by atoms with Crippen LogP contribution in [0.25, 0.3) is 0 Å². The number of carbonyl (C=O) groups is 2. The topological polar surface area (TPSA) is 85.9 Å². The SMILES string of the molecule is O=C(COc1ccc(C(F)(F)F)cc1)N[C@H]1CC[C@H](C(=O)N[C@H]2C[C@H](COC(F)(F)F)C2)OC1. The quantitative estimate of drug-likeness (QED) is 0.538. The van der Waals surface area contributed by atoms with Crippen molar-refractivity contribution in [1.82, 2.24) is 10.6 Å². The zero-order valence-electron chi connectivity index (χ0n) is 17.9.